The molecule has 10 heteroatoms. The summed E-state index contributed by atoms with van der Waals surface area (Å²) < 4.78 is 1.49. The summed E-state index contributed by atoms with van der Waals surface area (Å²) >= 11 is 1.67. The maximum Gasteiger partial charge on any atom is 0.270 e. The first-order valence-corrected chi connectivity index (χ1v) is 12.2. The zero-order valence-electron chi connectivity index (χ0n) is 18.9. The van der Waals surface area contributed by atoms with Crippen LogP contribution in [0.4, 0.5) is 0 Å². The van der Waals surface area contributed by atoms with E-state index in [0.29, 0.717) is 23.2 Å². The molecule has 3 heterocycles. The lowest BCUT2D eigenvalue weighted by molar-refractivity contribution is 0.0847. The number of thiophene rings is 1. The van der Waals surface area contributed by atoms with Crippen molar-refractivity contribution in [3.8, 4) is 5.69 Å². The fourth-order valence-electron chi connectivity index (χ4n) is 4.38. The number of aromatic nitrogens is 5. The molecular formula is C26H19N7O2S. The zero-order chi connectivity index (χ0) is 24.5. The van der Waals surface area contributed by atoms with E-state index in [9.17, 15) is 9.59 Å². The van der Waals surface area contributed by atoms with Gasteiger partial charge in [-0.3, -0.25) is 20.4 Å². The standard InChI is InChI=1S/C26H19N7O2S/c34-25(16-7-10-18(11-8-16)33-15-27-31-32-33)29-30-26(35)23-20-5-1-2-6-22(20)28-24-17(9-12-21(23)24)14-19-4-3-13-36-19/h1-8,10-11,13-15H,9,12H2,(H,29,34)(H,30,35). The third kappa shape index (κ3) is 4.03. The number of hydrogen-bond donors (Lipinski definition) is 2. The summed E-state index contributed by atoms with van der Waals surface area (Å²) in [7, 11) is 0. The smallest absolute Gasteiger partial charge is 0.267 e. The number of carbonyl (C=O) groups excluding carboxylic acids is 2. The fourth-order valence-corrected chi connectivity index (χ4v) is 5.06. The van der Waals surface area contributed by atoms with E-state index in [1.54, 1.807) is 35.6 Å². The Morgan fingerprint density at radius 3 is 2.56 bits per heavy atom. The largest absolute Gasteiger partial charge is 0.270 e. The molecule has 9 nitrogen and oxygen atoms in total. The molecule has 0 atom stereocenters. The lowest BCUT2D eigenvalue weighted by Gasteiger charge is -2.13. The van der Waals surface area contributed by atoms with E-state index in [4.69, 9.17) is 4.98 Å². The molecule has 0 saturated heterocycles. The van der Waals surface area contributed by atoms with E-state index in [1.165, 1.54) is 11.0 Å². The fraction of sp³-hybridized carbons (Fsp3) is 0.0769. The molecule has 0 saturated carbocycles. The Hall–Kier alpha value is -4.70. The molecule has 176 valence electrons. The minimum atomic E-state index is -0.431. The normalized spacial score (nSPS) is 13.6. The molecule has 6 rings (SSSR count). The van der Waals surface area contributed by atoms with Gasteiger partial charge in [0.25, 0.3) is 11.8 Å². The van der Waals surface area contributed by atoms with Gasteiger partial charge < -0.3 is 0 Å². The second kappa shape index (κ2) is 9.16. The van der Waals surface area contributed by atoms with Gasteiger partial charge in [-0.05, 0) is 82.3 Å². The number of nitrogens with one attached hydrogen (secondary N) is 2. The minimum absolute atomic E-state index is 0.374. The van der Waals surface area contributed by atoms with Crippen LogP contribution in [0, 0.1) is 0 Å². The molecule has 2 aromatic carbocycles. The van der Waals surface area contributed by atoms with Crippen LogP contribution in [0.2, 0.25) is 0 Å². The number of nitrogens with zero attached hydrogens (tertiary/aromatic N) is 5. The summed E-state index contributed by atoms with van der Waals surface area (Å²) in [6.07, 6.45) is 5.12. The number of amides is 2. The highest BCUT2D eigenvalue weighted by Gasteiger charge is 2.27. The van der Waals surface area contributed by atoms with Crippen LogP contribution in [0.1, 0.15) is 43.3 Å². The van der Waals surface area contributed by atoms with Crippen molar-refractivity contribution in [1.82, 2.24) is 36.0 Å². The number of hydrazine groups is 1. The van der Waals surface area contributed by atoms with Crippen LogP contribution in [0.3, 0.4) is 0 Å². The number of carbonyl (C=O) groups is 2. The Kier molecular flexibility index (Phi) is 5.55. The molecule has 1 aliphatic carbocycles. The van der Waals surface area contributed by atoms with Gasteiger partial charge in [0, 0.05) is 15.8 Å². The van der Waals surface area contributed by atoms with Crippen LogP contribution in [-0.4, -0.2) is 37.0 Å². The Labute approximate surface area is 209 Å². The molecule has 0 bridgehead atoms. The molecule has 2 N–H and O–H groups in total. The topological polar surface area (TPSA) is 115 Å². The van der Waals surface area contributed by atoms with Gasteiger partial charge in [0.1, 0.15) is 6.33 Å². The van der Waals surface area contributed by atoms with Gasteiger partial charge in [-0.15, -0.1) is 16.4 Å². The Bertz CT molecular complexity index is 1610. The molecule has 0 aliphatic heterocycles. The van der Waals surface area contributed by atoms with E-state index in [-0.39, 0.29) is 5.91 Å². The average Bonchev–Trinajstić information content (AvgIpc) is 3.69. The molecule has 0 fully saturated rings. The first-order chi connectivity index (χ1) is 17.7. The lowest BCUT2D eigenvalue weighted by atomic mass is 10.0. The van der Waals surface area contributed by atoms with Crippen molar-refractivity contribution in [3.63, 3.8) is 0 Å². The highest BCUT2D eigenvalue weighted by Crippen LogP contribution is 2.37. The second-order valence-electron chi connectivity index (χ2n) is 8.23. The number of hydrogen-bond acceptors (Lipinski definition) is 7. The van der Waals surface area contributed by atoms with Crippen LogP contribution >= 0.6 is 11.3 Å². The molecule has 1 aliphatic rings. The number of tetrazole rings is 1. The third-order valence-corrected chi connectivity index (χ3v) is 6.88. The van der Waals surface area contributed by atoms with Crippen molar-refractivity contribution in [3.05, 3.63) is 99.6 Å². The van der Waals surface area contributed by atoms with Crippen molar-refractivity contribution in [2.24, 2.45) is 0 Å². The molecule has 0 spiro atoms. The van der Waals surface area contributed by atoms with E-state index in [0.717, 1.165) is 39.0 Å². The molecule has 36 heavy (non-hydrogen) atoms. The van der Waals surface area contributed by atoms with Crippen LogP contribution in [0.5, 0.6) is 0 Å². The summed E-state index contributed by atoms with van der Waals surface area (Å²) in [5.74, 6) is -0.805. The summed E-state index contributed by atoms with van der Waals surface area (Å²) in [4.78, 5) is 32.1. The number of rotatable bonds is 4. The van der Waals surface area contributed by atoms with E-state index in [1.807, 2.05) is 35.7 Å². The Morgan fingerprint density at radius 1 is 0.944 bits per heavy atom. The van der Waals surface area contributed by atoms with Gasteiger partial charge in [-0.25, -0.2) is 9.67 Å². The van der Waals surface area contributed by atoms with Gasteiger partial charge in [0.2, 0.25) is 0 Å². The lowest BCUT2D eigenvalue weighted by Crippen LogP contribution is -2.42. The van der Waals surface area contributed by atoms with Gasteiger partial charge in [-0.1, -0.05) is 24.3 Å². The van der Waals surface area contributed by atoms with Crippen molar-refractivity contribution >= 4 is 45.7 Å². The summed E-state index contributed by atoms with van der Waals surface area (Å²) in [6, 6.07) is 18.4. The van der Waals surface area contributed by atoms with Gasteiger partial charge >= 0.3 is 0 Å². The quantitative estimate of drug-likeness (QED) is 0.368. The molecule has 2 amide bonds. The van der Waals surface area contributed by atoms with Gasteiger partial charge in [0.05, 0.1) is 22.5 Å². The van der Waals surface area contributed by atoms with Crippen LogP contribution < -0.4 is 10.9 Å². The minimum Gasteiger partial charge on any atom is -0.267 e. The second-order valence-corrected chi connectivity index (χ2v) is 9.20. The highest BCUT2D eigenvalue weighted by molar-refractivity contribution is 7.10. The molecule has 5 aromatic rings. The third-order valence-electron chi connectivity index (χ3n) is 6.06. The molecule has 0 radical (unpaired) electrons. The Balaban J connectivity index is 1.27. The van der Waals surface area contributed by atoms with E-state index >= 15 is 0 Å². The number of allylic oxidation sites excluding steroid dienone is 1. The van der Waals surface area contributed by atoms with Crippen molar-refractivity contribution in [2.45, 2.75) is 12.8 Å². The number of pyridine rings is 1. The van der Waals surface area contributed by atoms with Crippen LogP contribution in [-0.2, 0) is 6.42 Å². The first-order valence-electron chi connectivity index (χ1n) is 11.3. The van der Waals surface area contributed by atoms with Crippen LogP contribution in [0.25, 0.3) is 28.2 Å². The predicted octanol–water partition coefficient (Wildman–Crippen LogP) is 3.83. The van der Waals surface area contributed by atoms with Gasteiger partial charge in [-0.2, -0.15) is 0 Å². The van der Waals surface area contributed by atoms with Crippen LogP contribution in [0.15, 0.2) is 72.4 Å². The number of benzene rings is 2. The zero-order valence-corrected chi connectivity index (χ0v) is 19.7. The monoisotopic (exact) mass is 493 g/mol. The number of para-hydroxylation sites is 1. The van der Waals surface area contributed by atoms with Crippen molar-refractivity contribution in [2.75, 3.05) is 0 Å². The van der Waals surface area contributed by atoms with E-state index < -0.39 is 5.91 Å². The summed E-state index contributed by atoms with van der Waals surface area (Å²) in [5.41, 5.74) is 10.4. The maximum absolute atomic E-state index is 13.4. The average molecular weight is 494 g/mol. The highest BCUT2D eigenvalue weighted by atomic mass is 32.1. The van der Waals surface area contributed by atoms with E-state index in [2.05, 4.69) is 38.5 Å². The summed E-state index contributed by atoms with van der Waals surface area (Å²) in [6.45, 7) is 0. The first kappa shape index (κ1) is 21.8. The molecule has 3 aromatic heterocycles. The number of fused-ring (bicyclic) bond motifs is 2. The SMILES string of the molecule is O=C(NNC(=O)c1c2c(nc3ccccc13)C(=Cc1cccs1)CC2)c1ccc(-n2cnnn2)cc1. The van der Waals surface area contributed by atoms with Crippen molar-refractivity contribution in [1.29, 1.82) is 0 Å². The van der Waals surface area contributed by atoms with Crippen molar-refractivity contribution < 1.29 is 9.59 Å². The Morgan fingerprint density at radius 2 is 1.78 bits per heavy atom. The van der Waals surface area contributed by atoms with Gasteiger partial charge in [0.15, 0.2) is 0 Å². The summed E-state index contributed by atoms with van der Waals surface area (Å²) in [5, 5.41) is 13.8. The predicted molar refractivity (Wildman–Crippen MR) is 136 cm³/mol. The maximum atomic E-state index is 13.4. The molecular weight excluding hydrogens is 474 g/mol. The molecule has 0 unspecified atom stereocenters.